The van der Waals surface area contributed by atoms with Gasteiger partial charge >= 0.3 is 11.7 Å². The normalized spacial score (nSPS) is 14.2. The van der Waals surface area contributed by atoms with Gasteiger partial charge in [-0.1, -0.05) is 0 Å². The molecule has 1 aromatic rings. The van der Waals surface area contributed by atoms with E-state index >= 15 is 0 Å². The number of carbonyl (C=O) groups is 1. The number of aliphatic carboxylic acids is 1. The minimum Gasteiger partial charge on any atom is -0.479 e. The van der Waals surface area contributed by atoms with Crippen LogP contribution in [0.4, 0.5) is 0 Å². The van der Waals surface area contributed by atoms with Crippen molar-refractivity contribution in [2.75, 3.05) is 13.7 Å². The molecule has 0 spiro atoms. The van der Waals surface area contributed by atoms with Crippen LogP contribution < -0.4 is 11.2 Å². The second-order valence-electron chi connectivity index (χ2n) is 3.80. The van der Waals surface area contributed by atoms with Crippen LogP contribution in [0.25, 0.3) is 0 Å². The quantitative estimate of drug-likeness (QED) is 0.716. The molecule has 7 heteroatoms. The minimum atomic E-state index is -1.45. The SMILES string of the molecule is COCCC(C)(C(=O)O)n1ccc(=O)[nH]c1=O. The molecule has 0 radical (unpaired) electrons. The van der Waals surface area contributed by atoms with Crippen molar-refractivity contribution in [1.29, 1.82) is 0 Å². The van der Waals surface area contributed by atoms with Gasteiger partial charge in [-0.2, -0.15) is 0 Å². The Morgan fingerprint density at radius 3 is 2.71 bits per heavy atom. The van der Waals surface area contributed by atoms with E-state index in [0.717, 1.165) is 10.6 Å². The van der Waals surface area contributed by atoms with E-state index in [4.69, 9.17) is 4.74 Å². The molecule has 1 heterocycles. The van der Waals surface area contributed by atoms with Crippen LogP contribution in [0.15, 0.2) is 21.9 Å². The van der Waals surface area contributed by atoms with Gasteiger partial charge in [0.15, 0.2) is 0 Å². The zero-order chi connectivity index (χ0) is 13.1. The fourth-order valence-electron chi connectivity index (χ4n) is 1.44. The first-order valence-electron chi connectivity index (χ1n) is 4.96. The summed E-state index contributed by atoms with van der Waals surface area (Å²) in [5.41, 5.74) is -2.76. The highest BCUT2D eigenvalue weighted by molar-refractivity contribution is 5.76. The van der Waals surface area contributed by atoms with Gasteiger partial charge < -0.3 is 9.84 Å². The Morgan fingerprint density at radius 1 is 1.59 bits per heavy atom. The molecule has 0 aliphatic rings. The maximum absolute atomic E-state index is 11.6. The highest BCUT2D eigenvalue weighted by Crippen LogP contribution is 2.18. The maximum Gasteiger partial charge on any atom is 0.329 e. The van der Waals surface area contributed by atoms with Gasteiger partial charge in [0.05, 0.1) is 0 Å². The van der Waals surface area contributed by atoms with E-state index in [9.17, 15) is 19.5 Å². The third-order valence-electron chi connectivity index (χ3n) is 2.61. The number of rotatable bonds is 5. The van der Waals surface area contributed by atoms with Crippen LogP contribution in [0.2, 0.25) is 0 Å². The molecule has 0 bridgehead atoms. The topological polar surface area (TPSA) is 101 Å². The van der Waals surface area contributed by atoms with Gasteiger partial charge in [-0.3, -0.25) is 14.3 Å². The van der Waals surface area contributed by atoms with Crippen molar-refractivity contribution in [1.82, 2.24) is 9.55 Å². The molecule has 0 fully saturated rings. The Hall–Kier alpha value is -1.89. The van der Waals surface area contributed by atoms with E-state index in [0.29, 0.717) is 0 Å². The number of nitrogens with one attached hydrogen (secondary N) is 1. The monoisotopic (exact) mass is 242 g/mol. The van der Waals surface area contributed by atoms with Crippen molar-refractivity contribution < 1.29 is 14.6 Å². The molecule has 0 aromatic carbocycles. The second kappa shape index (κ2) is 4.96. The molecule has 0 amide bonds. The molecule has 7 nitrogen and oxygen atoms in total. The average Bonchev–Trinajstić information content (AvgIpc) is 2.25. The number of aromatic nitrogens is 2. The summed E-state index contributed by atoms with van der Waals surface area (Å²) in [4.78, 5) is 35.8. The summed E-state index contributed by atoms with van der Waals surface area (Å²) < 4.78 is 5.80. The van der Waals surface area contributed by atoms with Gasteiger partial charge in [0.2, 0.25) is 0 Å². The summed E-state index contributed by atoms with van der Waals surface area (Å²) in [5, 5.41) is 9.20. The van der Waals surface area contributed by atoms with E-state index in [1.54, 1.807) is 0 Å². The highest BCUT2D eigenvalue weighted by Gasteiger charge is 2.35. The number of hydrogen-bond acceptors (Lipinski definition) is 4. The lowest BCUT2D eigenvalue weighted by Gasteiger charge is -2.26. The van der Waals surface area contributed by atoms with Crippen molar-refractivity contribution in [3.05, 3.63) is 33.1 Å². The zero-order valence-corrected chi connectivity index (χ0v) is 9.60. The summed E-state index contributed by atoms with van der Waals surface area (Å²) in [6.45, 7) is 1.59. The molecule has 1 atom stereocenters. The predicted molar refractivity (Wildman–Crippen MR) is 59.1 cm³/mol. The van der Waals surface area contributed by atoms with E-state index < -0.39 is 22.8 Å². The lowest BCUT2D eigenvalue weighted by molar-refractivity contribution is -0.147. The van der Waals surface area contributed by atoms with Crippen LogP contribution in [-0.4, -0.2) is 34.3 Å². The van der Waals surface area contributed by atoms with Crippen molar-refractivity contribution in [2.45, 2.75) is 18.9 Å². The molecule has 0 saturated heterocycles. The van der Waals surface area contributed by atoms with E-state index in [-0.39, 0.29) is 13.0 Å². The van der Waals surface area contributed by atoms with Crippen molar-refractivity contribution in [3.63, 3.8) is 0 Å². The predicted octanol–water partition coefficient (Wildman–Crippen LogP) is -0.627. The molecule has 17 heavy (non-hydrogen) atoms. The van der Waals surface area contributed by atoms with Gasteiger partial charge in [0.1, 0.15) is 5.54 Å². The smallest absolute Gasteiger partial charge is 0.329 e. The zero-order valence-electron chi connectivity index (χ0n) is 9.60. The van der Waals surface area contributed by atoms with Gasteiger partial charge in [0, 0.05) is 32.4 Å². The molecular formula is C10H14N2O5. The third-order valence-corrected chi connectivity index (χ3v) is 2.61. The summed E-state index contributed by atoms with van der Waals surface area (Å²) in [5.74, 6) is -1.16. The lowest BCUT2D eigenvalue weighted by atomic mass is 9.98. The van der Waals surface area contributed by atoms with E-state index in [1.165, 1.54) is 20.2 Å². The van der Waals surface area contributed by atoms with Crippen LogP contribution >= 0.6 is 0 Å². The fraction of sp³-hybridized carbons (Fsp3) is 0.500. The van der Waals surface area contributed by atoms with Crippen LogP contribution in [0.5, 0.6) is 0 Å². The Morgan fingerprint density at radius 2 is 2.24 bits per heavy atom. The molecular weight excluding hydrogens is 228 g/mol. The number of ether oxygens (including phenoxy) is 1. The summed E-state index contributed by atoms with van der Waals surface area (Å²) in [7, 11) is 1.44. The number of nitrogens with zero attached hydrogens (tertiary/aromatic N) is 1. The molecule has 1 unspecified atom stereocenters. The molecule has 2 N–H and O–H groups in total. The van der Waals surface area contributed by atoms with Crippen LogP contribution in [0.1, 0.15) is 13.3 Å². The third kappa shape index (κ3) is 2.62. The number of methoxy groups -OCH3 is 1. The number of hydrogen-bond donors (Lipinski definition) is 2. The van der Waals surface area contributed by atoms with Crippen molar-refractivity contribution >= 4 is 5.97 Å². The second-order valence-corrected chi connectivity index (χ2v) is 3.80. The van der Waals surface area contributed by atoms with Gasteiger partial charge in [-0.15, -0.1) is 0 Å². The van der Waals surface area contributed by atoms with Crippen LogP contribution in [-0.2, 0) is 15.1 Å². The Balaban J connectivity index is 3.27. The largest absolute Gasteiger partial charge is 0.479 e. The number of H-pyrrole nitrogens is 1. The minimum absolute atomic E-state index is 0.116. The molecule has 0 saturated carbocycles. The Kier molecular flexibility index (Phi) is 3.84. The average molecular weight is 242 g/mol. The molecule has 94 valence electrons. The maximum atomic E-state index is 11.6. The van der Waals surface area contributed by atoms with Gasteiger partial charge in [0.25, 0.3) is 5.56 Å². The standard InChI is InChI=1S/C10H14N2O5/c1-10(8(14)15,4-6-17-2)12-5-3-7(13)11-9(12)16/h3,5H,4,6H2,1-2H3,(H,14,15)(H,11,13,16). The first-order chi connectivity index (χ1) is 7.91. The summed E-state index contributed by atoms with van der Waals surface area (Å²) >= 11 is 0. The van der Waals surface area contributed by atoms with Crippen LogP contribution in [0, 0.1) is 0 Å². The lowest BCUT2D eigenvalue weighted by Crippen LogP contribution is -2.47. The molecule has 0 aliphatic heterocycles. The fourth-order valence-corrected chi connectivity index (χ4v) is 1.44. The van der Waals surface area contributed by atoms with E-state index in [2.05, 4.69) is 0 Å². The highest BCUT2D eigenvalue weighted by atomic mass is 16.5. The van der Waals surface area contributed by atoms with Crippen LogP contribution in [0.3, 0.4) is 0 Å². The Labute approximate surface area is 96.7 Å². The Bertz CT molecular complexity index is 518. The molecule has 0 aliphatic carbocycles. The van der Waals surface area contributed by atoms with Gasteiger partial charge in [-0.05, 0) is 6.92 Å². The summed E-state index contributed by atoms with van der Waals surface area (Å²) in [6, 6.07) is 1.11. The first kappa shape index (κ1) is 13.2. The van der Waals surface area contributed by atoms with Crippen molar-refractivity contribution in [3.8, 4) is 0 Å². The molecule has 1 aromatic heterocycles. The number of carboxylic acids is 1. The molecule has 1 rings (SSSR count). The van der Waals surface area contributed by atoms with E-state index in [1.807, 2.05) is 4.98 Å². The van der Waals surface area contributed by atoms with Crippen molar-refractivity contribution in [2.24, 2.45) is 0 Å². The van der Waals surface area contributed by atoms with Gasteiger partial charge in [-0.25, -0.2) is 9.59 Å². The first-order valence-corrected chi connectivity index (χ1v) is 4.96. The number of aromatic amines is 1. The summed E-state index contributed by atoms with van der Waals surface area (Å²) in [6.07, 6.45) is 1.29. The number of carboxylic acid groups (broad SMARTS) is 1.